The summed E-state index contributed by atoms with van der Waals surface area (Å²) in [5.74, 6) is -0.162. The van der Waals surface area contributed by atoms with Gasteiger partial charge in [0.15, 0.2) is 0 Å². The Bertz CT molecular complexity index is 507. The molecule has 146 valence electrons. The van der Waals surface area contributed by atoms with Crippen LogP contribution in [0.2, 0.25) is 0 Å². The molecule has 0 radical (unpaired) electrons. The van der Waals surface area contributed by atoms with E-state index in [9.17, 15) is 30.4 Å². The van der Waals surface area contributed by atoms with E-state index in [2.05, 4.69) is 46.3 Å². The molecule has 0 aliphatic rings. The SMILES string of the molecule is CC(C)(C)[PH+](c1ccc(OC(F)(F)F)cc1)C(C)(C)C.F[B-](F)(F)F. The molecule has 0 saturated carbocycles. The molecule has 1 nitrogen and oxygen atoms in total. The number of hydrogen-bond acceptors (Lipinski definition) is 1. The van der Waals surface area contributed by atoms with Gasteiger partial charge < -0.3 is 22.0 Å². The number of halogens is 7. The predicted molar refractivity (Wildman–Crippen MR) is 90.8 cm³/mol. The topological polar surface area (TPSA) is 9.23 Å². The summed E-state index contributed by atoms with van der Waals surface area (Å²) in [5.41, 5.74) is 0. The van der Waals surface area contributed by atoms with Crippen molar-refractivity contribution in [3.8, 4) is 5.75 Å². The van der Waals surface area contributed by atoms with Gasteiger partial charge in [0.25, 0.3) is 0 Å². The van der Waals surface area contributed by atoms with E-state index in [-0.39, 0.29) is 16.1 Å². The van der Waals surface area contributed by atoms with Crippen molar-refractivity contribution in [1.29, 1.82) is 0 Å². The number of ether oxygens (including phenoxy) is 1. The fraction of sp³-hybridized carbons (Fsp3) is 0.600. The molecule has 1 aromatic rings. The second-order valence-electron chi connectivity index (χ2n) is 7.44. The largest absolute Gasteiger partial charge is 0.673 e. The molecule has 10 heteroatoms. The van der Waals surface area contributed by atoms with Gasteiger partial charge in [-0.2, -0.15) is 0 Å². The van der Waals surface area contributed by atoms with E-state index in [1.165, 1.54) is 12.1 Å². The minimum Gasteiger partial charge on any atom is -0.418 e. The second kappa shape index (κ2) is 8.15. The molecule has 0 spiro atoms. The highest BCUT2D eigenvalue weighted by Gasteiger charge is 2.43. The van der Waals surface area contributed by atoms with Gasteiger partial charge in [0.05, 0.1) is 15.6 Å². The lowest BCUT2D eigenvalue weighted by atomic mass is 10.2. The van der Waals surface area contributed by atoms with Crippen molar-refractivity contribution in [3.05, 3.63) is 24.3 Å². The van der Waals surface area contributed by atoms with Crippen LogP contribution < -0.4 is 10.0 Å². The smallest absolute Gasteiger partial charge is 0.418 e. The van der Waals surface area contributed by atoms with Crippen LogP contribution in [0.1, 0.15) is 41.5 Å². The highest BCUT2D eigenvalue weighted by molar-refractivity contribution is 7.68. The number of hydrogen-bond donors (Lipinski definition) is 0. The summed E-state index contributed by atoms with van der Waals surface area (Å²) < 4.78 is 79.4. The van der Waals surface area contributed by atoms with Gasteiger partial charge in [0.1, 0.15) is 5.75 Å². The van der Waals surface area contributed by atoms with Crippen molar-refractivity contribution in [2.45, 2.75) is 58.2 Å². The van der Waals surface area contributed by atoms with Gasteiger partial charge in [-0.05, 0) is 65.8 Å². The number of alkyl halides is 3. The van der Waals surface area contributed by atoms with Crippen molar-refractivity contribution in [2.24, 2.45) is 0 Å². The Morgan fingerprint density at radius 1 is 0.760 bits per heavy atom. The fourth-order valence-electron chi connectivity index (χ4n) is 2.81. The van der Waals surface area contributed by atoms with Gasteiger partial charge in [0, 0.05) is 7.92 Å². The summed E-state index contributed by atoms with van der Waals surface area (Å²) in [6.07, 6.45) is -4.64. The van der Waals surface area contributed by atoms with Crippen LogP contribution in [0, 0.1) is 0 Å². The van der Waals surface area contributed by atoms with Crippen molar-refractivity contribution < 1.29 is 35.2 Å². The van der Waals surface area contributed by atoms with Gasteiger partial charge >= 0.3 is 13.6 Å². The summed E-state index contributed by atoms with van der Waals surface area (Å²) in [6, 6.07) is 6.35. The molecule has 0 heterocycles. The van der Waals surface area contributed by atoms with Gasteiger partial charge in [0.2, 0.25) is 0 Å². The molecule has 0 fully saturated rings. The second-order valence-corrected chi connectivity index (χ2v) is 11.8. The molecule has 0 atom stereocenters. The Kier molecular flexibility index (Phi) is 7.83. The first kappa shape index (κ1) is 24.0. The van der Waals surface area contributed by atoms with E-state index in [1.54, 1.807) is 12.1 Å². The van der Waals surface area contributed by atoms with E-state index in [0.29, 0.717) is 0 Å². The van der Waals surface area contributed by atoms with Crippen LogP contribution >= 0.6 is 7.92 Å². The van der Waals surface area contributed by atoms with E-state index in [0.717, 1.165) is 5.30 Å². The molecular weight excluding hydrogens is 371 g/mol. The summed E-state index contributed by atoms with van der Waals surface area (Å²) >= 11 is 0. The third kappa shape index (κ3) is 11.3. The summed E-state index contributed by atoms with van der Waals surface area (Å²) in [4.78, 5) is 0. The summed E-state index contributed by atoms with van der Waals surface area (Å²) in [6.45, 7) is 13.1. The first-order valence-corrected chi connectivity index (χ1v) is 8.92. The zero-order chi connectivity index (χ0) is 20.3. The zero-order valence-corrected chi connectivity index (χ0v) is 15.9. The van der Waals surface area contributed by atoms with E-state index in [1.807, 2.05) is 0 Å². The normalized spacial score (nSPS) is 13.4. The van der Waals surface area contributed by atoms with Gasteiger partial charge in [-0.1, -0.05) is 0 Å². The monoisotopic (exact) mass is 394 g/mol. The maximum Gasteiger partial charge on any atom is 0.673 e. The van der Waals surface area contributed by atoms with Crippen molar-refractivity contribution in [2.75, 3.05) is 0 Å². The van der Waals surface area contributed by atoms with E-state index in [4.69, 9.17) is 0 Å². The van der Waals surface area contributed by atoms with Crippen LogP contribution in [-0.2, 0) is 0 Å². The fourth-order valence-corrected chi connectivity index (χ4v) is 7.30. The maximum atomic E-state index is 12.2. The van der Waals surface area contributed by atoms with E-state index < -0.39 is 21.5 Å². The average molecular weight is 394 g/mol. The van der Waals surface area contributed by atoms with Crippen LogP contribution in [0.25, 0.3) is 0 Å². The summed E-state index contributed by atoms with van der Waals surface area (Å²) in [5, 5.41) is 1.37. The van der Waals surface area contributed by atoms with Crippen LogP contribution in [0.3, 0.4) is 0 Å². The van der Waals surface area contributed by atoms with Crippen LogP contribution in [0.15, 0.2) is 24.3 Å². The standard InChI is InChI=1S/C15H22F3OP.BF4/c1-13(2,3)20(14(4,5)6)12-9-7-11(8-10-12)19-15(16,17)18;2-1(3,4)5/h7-10H,1-6H3;/q;-1/p+1. The Balaban J connectivity index is 0.00000101. The van der Waals surface area contributed by atoms with Crippen molar-refractivity contribution in [3.63, 3.8) is 0 Å². The van der Waals surface area contributed by atoms with Crippen LogP contribution in [0.5, 0.6) is 5.75 Å². The molecule has 0 amide bonds. The molecule has 0 aliphatic heterocycles. The average Bonchev–Trinajstić information content (AvgIpc) is 2.23. The van der Waals surface area contributed by atoms with Gasteiger partial charge in [-0.15, -0.1) is 13.2 Å². The molecule has 0 aromatic heterocycles. The Hall–Kier alpha value is -0.975. The molecule has 0 unspecified atom stereocenters. The van der Waals surface area contributed by atoms with Crippen molar-refractivity contribution >= 4 is 20.5 Å². The minimum atomic E-state index is -6.00. The van der Waals surface area contributed by atoms with Gasteiger partial charge in [-0.3, -0.25) is 0 Å². The Morgan fingerprint density at radius 3 is 1.32 bits per heavy atom. The zero-order valence-electron chi connectivity index (χ0n) is 14.9. The predicted octanol–water partition coefficient (Wildman–Crippen LogP) is 6.32. The van der Waals surface area contributed by atoms with Gasteiger partial charge in [-0.25, -0.2) is 0 Å². The molecule has 0 bridgehead atoms. The molecule has 1 aromatic carbocycles. The molecular formula is C15H23BF7OP. The van der Waals surface area contributed by atoms with E-state index >= 15 is 0 Å². The third-order valence-electron chi connectivity index (χ3n) is 2.88. The highest BCUT2D eigenvalue weighted by Crippen LogP contribution is 2.58. The lowest BCUT2D eigenvalue weighted by Crippen LogP contribution is -2.31. The quantitative estimate of drug-likeness (QED) is 0.324. The number of rotatable bonds is 2. The molecule has 0 aliphatic carbocycles. The third-order valence-corrected chi connectivity index (χ3v) is 6.79. The number of benzene rings is 1. The molecule has 1 rings (SSSR count). The summed E-state index contributed by atoms with van der Waals surface area (Å²) in [7, 11) is -6.95. The van der Waals surface area contributed by atoms with Crippen molar-refractivity contribution in [1.82, 2.24) is 0 Å². The minimum absolute atomic E-state index is 0.120. The highest BCUT2D eigenvalue weighted by atomic mass is 31.1. The lowest BCUT2D eigenvalue weighted by molar-refractivity contribution is -0.274. The molecule has 0 N–H and O–H groups in total. The maximum absolute atomic E-state index is 12.2. The Morgan fingerprint density at radius 2 is 1.08 bits per heavy atom. The molecule has 0 saturated heterocycles. The lowest BCUT2D eigenvalue weighted by Gasteiger charge is -2.33. The molecule has 25 heavy (non-hydrogen) atoms. The first-order valence-electron chi connectivity index (χ1n) is 7.42. The Labute approximate surface area is 144 Å². The van der Waals surface area contributed by atoms with Crippen LogP contribution in [0.4, 0.5) is 30.4 Å². The van der Waals surface area contributed by atoms with Crippen LogP contribution in [-0.4, -0.2) is 23.9 Å². The first-order chi connectivity index (χ1) is 10.8.